The van der Waals surface area contributed by atoms with E-state index in [9.17, 15) is 4.39 Å². The Kier molecular flexibility index (Phi) is 2.36. The fourth-order valence-electron chi connectivity index (χ4n) is 0.966. The number of hydrogen-bond donors (Lipinski definition) is 1. The molecule has 0 amide bonds. The highest BCUT2D eigenvalue weighted by molar-refractivity contribution is 5.44. The molecule has 0 atom stereocenters. The predicted molar refractivity (Wildman–Crippen MR) is 49.8 cm³/mol. The van der Waals surface area contributed by atoms with E-state index < -0.39 is 0 Å². The summed E-state index contributed by atoms with van der Waals surface area (Å²) >= 11 is 0. The molecule has 66 valence electrons. The second-order valence-corrected chi connectivity index (χ2v) is 3.88. The van der Waals surface area contributed by atoms with Crippen molar-refractivity contribution in [3.8, 4) is 0 Å². The van der Waals surface area contributed by atoms with E-state index in [1.165, 1.54) is 12.1 Å². The van der Waals surface area contributed by atoms with Crippen molar-refractivity contribution < 1.29 is 4.39 Å². The van der Waals surface area contributed by atoms with Gasteiger partial charge in [0.2, 0.25) is 0 Å². The minimum Gasteiger partial charge on any atom is -0.380 e. The molecule has 0 fully saturated rings. The molecule has 12 heavy (non-hydrogen) atoms. The number of anilines is 1. The van der Waals surface area contributed by atoms with Gasteiger partial charge in [0.05, 0.1) is 0 Å². The van der Waals surface area contributed by atoms with Gasteiger partial charge in [-0.2, -0.15) is 0 Å². The number of rotatable bonds is 1. The Morgan fingerprint density at radius 1 is 1.08 bits per heavy atom. The van der Waals surface area contributed by atoms with Gasteiger partial charge in [0.1, 0.15) is 5.82 Å². The molecular formula is C10H14FN. The van der Waals surface area contributed by atoms with Crippen LogP contribution in [0.5, 0.6) is 0 Å². The Hall–Kier alpha value is -1.05. The topological polar surface area (TPSA) is 12.0 Å². The summed E-state index contributed by atoms with van der Waals surface area (Å²) < 4.78 is 12.5. The molecule has 0 aliphatic carbocycles. The summed E-state index contributed by atoms with van der Waals surface area (Å²) in [5.41, 5.74) is 0.974. The van der Waals surface area contributed by atoms with Crippen molar-refractivity contribution in [3.63, 3.8) is 0 Å². The van der Waals surface area contributed by atoms with Crippen molar-refractivity contribution >= 4 is 5.69 Å². The van der Waals surface area contributed by atoms with E-state index in [4.69, 9.17) is 0 Å². The molecule has 0 heterocycles. The van der Waals surface area contributed by atoms with Gasteiger partial charge in [-0.1, -0.05) is 0 Å². The van der Waals surface area contributed by atoms with E-state index in [0.717, 1.165) is 5.69 Å². The molecule has 2 heteroatoms. The van der Waals surface area contributed by atoms with Crippen LogP contribution in [0.3, 0.4) is 0 Å². The van der Waals surface area contributed by atoms with E-state index in [0.29, 0.717) is 0 Å². The quantitative estimate of drug-likeness (QED) is 0.677. The second kappa shape index (κ2) is 3.13. The second-order valence-electron chi connectivity index (χ2n) is 3.88. The molecule has 1 rings (SSSR count). The molecule has 1 aromatic rings. The SMILES string of the molecule is CC(C)(C)Nc1ccc(F)cc1. The predicted octanol–water partition coefficient (Wildman–Crippen LogP) is 3.04. The van der Waals surface area contributed by atoms with Gasteiger partial charge < -0.3 is 5.32 Å². The van der Waals surface area contributed by atoms with Gasteiger partial charge in [-0.3, -0.25) is 0 Å². The Morgan fingerprint density at radius 3 is 2.00 bits per heavy atom. The summed E-state index contributed by atoms with van der Waals surface area (Å²) in [5, 5.41) is 3.24. The van der Waals surface area contributed by atoms with Gasteiger partial charge in [0, 0.05) is 11.2 Å². The van der Waals surface area contributed by atoms with Crippen LogP contribution in [0, 0.1) is 5.82 Å². The van der Waals surface area contributed by atoms with E-state index in [1.54, 1.807) is 12.1 Å². The fraction of sp³-hybridized carbons (Fsp3) is 0.400. The lowest BCUT2D eigenvalue weighted by molar-refractivity contribution is 0.622. The van der Waals surface area contributed by atoms with Crippen LogP contribution in [-0.4, -0.2) is 5.54 Å². The van der Waals surface area contributed by atoms with Crippen molar-refractivity contribution in [1.82, 2.24) is 0 Å². The van der Waals surface area contributed by atoms with Gasteiger partial charge in [-0.25, -0.2) is 4.39 Å². The van der Waals surface area contributed by atoms with Crippen molar-refractivity contribution in [2.24, 2.45) is 0 Å². The maximum absolute atomic E-state index is 12.5. The summed E-state index contributed by atoms with van der Waals surface area (Å²) in [6.07, 6.45) is 0. The molecule has 0 bridgehead atoms. The number of benzene rings is 1. The first-order chi connectivity index (χ1) is 5.47. The molecule has 0 spiro atoms. The lowest BCUT2D eigenvalue weighted by Crippen LogP contribution is -2.25. The third kappa shape index (κ3) is 2.91. The van der Waals surface area contributed by atoms with Crippen LogP contribution in [0.4, 0.5) is 10.1 Å². The van der Waals surface area contributed by atoms with Crippen LogP contribution < -0.4 is 5.32 Å². The first kappa shape index (κ1) is 9.04. The molecule has 1 N–H and O–H groups in total. The monoisotopic (exact) mass is 167 g/mol. The van der Waals surface area contributed by atoms with Crippen LogP contribution in [0.25, 0.3) is 0 Å². The largest absolute Gasteiger partial charge is 0.380 e. The molecule has 0 saturated heterocycles. The molecule has 0 radical (unpaired) electrons. The van der Waals surface area contributed by atoms with Crippen LogP contribution >= 0.6 is 0 Å². The first-order valence-electron chi connectivity index (χ1n) is 4.01. The van der Waals surface area contributed by atoms with E-state index in [-0.39, 0.29) is 11.4 Å². The van der Waals surface area contributed by atoms with Crippen molar-refractivity contribution in [1.29, 1.82) is 0 Å². The number of nitrogens with one attached hydrogen (secondary N) is 1. The van der Waals surface area contributed by atoms with Gasteiger partial charge in [-0.05, 0) is 45.0 Å². The summed E-state index contributed by atoms with van der Waals surface area (Å²) in [6, 6.07) is 6.38. The zero-order valence-corrected chi connectivity index (χ0v) is 7.69. The lowest BCUT2D eigenvalue weighted by Gasteiger charge is -2.21. The van der Waals surface area contributed by atoms with Crippen LogP contribution in [0.2, 0.25) is 0 Å². The molecule has 0 saturated carbocycles. The third-order valence-electron chi connectivity index (χ3n) is 1.36. The molecule has 0 unspecified atom stereocenters. The summed E-state index contributed by atoms with van der Waals surface area (Å²) in [7, 11) is 0. The van der Waals surface area contributed by atoms with Crippen LogP contribution in [0.1, 0.15) is 20.8 Å². The lowest BCUT2D eigenvalue weighted by atomic mass is 10.1. The molecule has 1 aromatic carbocycles. The summed E-state index contributed by atoms with van der Waals surface area (Å²) in [6.45, 7) is 6.20. The van der Waals surface area contributed by atoms with Crippen molar-refractivity contribution in [3.05, 3.63) is 30.1 Å². The first-order valence-corrected chi connectivity index (χ1v) is 4.01. The van der Waals surface area contributed by atoms with Gasteiger partial charge in [0.25, 0.3) is 0 Å². The summed E-state index contributed by atoms with van der Waals surface area (Å²) in [5.74, 6) is -0.200. The van der Waals surface area contributed by atoms with Crippen LogP contribution in [0.15, 0.2) is 24.3 Å². The minimum absolute atomic E-state index is 0.0256. The Bertz CT molecular complexity index is 246. The third-order valence-corrected chi connectivity index (χ3v) is 1.36. The fourth-order valence-corrected chi connectivity index (χ4v) is 0.966. The number of hydrogen-bond acceptors (Lipinski definition) is 1. The molecular weight excluding hydrogens is 153 g/mol. The zero-order chi connectivity index (χ0) is 9.19. The van der Waals surface area contributed by atoms with Gasteiger partial charge in [0.15, 0.2) is 0 Å². The maximum atomic E-state index is 12.5. The molecule has 0 aromatic heterocycles. The highest BCUT2D eigenvalue weighted by Crippen LogP contribution is 2.14. The zero-order valence-electron chi connectivity index (χ0n) is 7.69. The highest BCUT2D eigenvalue weighted by atomic mass is 19.1. The van der Waals surface area contributed by atoms with Crippen molar-refractivity contribution in [2.45, 2.75) is 26.3 Å². The Labute approximate surface area is 72.6 Å². The minimum atomic E-state index is -0.200. The number of halogens is 1. The van der Waals surface area contributed by atoms with E-state index in [1.807, 2.05) is 0 Å². The van der Waals surface area contributed by atoms with Gasteiger partial charge in [-0.15, -0.1) is 0 Å². The normalized spacial score (nSPS) is 11.3. The molecule has 0 aliphatic heterocycles. The van der Waals surface area contributed by atoms with Crippen molar-refractivity contribution in [2.75, 3.05) is 5.32 Å². The average molecular weight is 167 g/mol. The van der Waals surface area contributed by atoms with E-state index in [2.05, 4.69) is 26.1 Å². The molecule has 1 nitrogen and oxygen atoms in total. The summed E-state index contributed by atoms with van der Waals surface area (Å²) in [4.78, 5) is 0. The standard InChI is InChI=1S/C10H14FN/c1-10(2,3)12-9-6-4-8(11)5-7-9/h4-7,12H,1-3H3. The highest BCUT2D eigenvalue weighted by Gasteiger charge is 2.08. The van der Waals surface area contributed by atoms with Crippen LogP contribution in [-0.2, 0) is 0 Å². The molecule has 0 aliphatic rings. The average Bonchev–Trinajstić information content (AvgIpc) is 1.91. The van der Waals surface area contributed by atoms with Gasteiger partial charge >= 0.3 is 0 Å². The maximum Gasteiger partial charge on any atom is 0.123 e. The Balaban J connectivity index is 2.71. The van der Waals surface area contributed by atoms with E-state index >= 15 is 0 Å². The Morgan fingerprint density at radius 2 is 1.58 bits per heavy atom. The smallest absolute Gasteiger partial charge is 0.123 e.